The molecular weight excluding hydrogens is 298 g/mol. The van der Waals surface area contributed by atoms with Crippen LogP contribution in [0.4, 0.5) is 0 Å². The van der Waals surface area contributed by atoms with Gasteiger partial charge in [0.1, 0.15) is 17.2 Å². The first-order chi connectivity index (χ1) is 11.2. The average Bonchev–Trinajstić information content (AvgIpc) is 2.98. The quantitative estimate of drug-likeness (QED) is 0.782. The molecule has 0 radical (unpaired) electrons. The van der Waals surface area contributed by atoms with Gasteiger partial charge in [0, 0.05) is 18.2 Å². The van der Waals surface area contributed by atoms with Crippen molar-refractivity contribution >= 4 is 21.8 Å². The van der Waals surface area contributed by atoms with E-state index in [2.05, 4.69) is 4.98 Å². The van der Waals surface area contributed by atoms with Gasteiger partial charge in [-0.15, -0.1) is 0 Å². The second kappa shape index (κ2) is 5.79. The zero-order valence-corrected chi connectivity index (χ0v) is 13.8. The molecule has 0 saturated heterocycles. The van der Waals surface area contributed by atoms with Crippen LogP contribution in [0.1, 0.15) is 0 Å². The molecule has 0 aliphatic heterocycles. The summed E-state index contributed by atoms with van der Waals surface area (Å²) in [5.41, 5.74) is 1.67. The van der Waals surface area contributed by atoms with Crippen molar-refractivity contribution in [3.8, 4) is 28.7 Å². The molecule has 1 heterocycles. The number of methoxy groups -OCH3 is 5. The fourth-order valence-corrected chi connectivity index (χ4v) is 2.85. The topological polar surface area (TPSA) is 61.9 Å². The van der Waals surface area contributed by atoms with Gasteiger partial charge in [0.15, 0.2) is 11.5 Å². The van der Waals surface area contributed by atoms with Crippen LogP contribution >= 0.6 is 0 Å². The van der Waals surface area contributed by atoms with Crippen LogP contribution in [0, 0.1) is 0 Å². The zero-order chi connectivity index (χ0) is 16.6. The van der Waals surface area contributed by atoms with Gasteiger partial charge in [-0.3, -0.25) is 0 Å². The summed E-state index contributed by atoms with van der Waals surface area (Å²) in [6.07, 6.45) is 0. The smallest absolute Gasteiger partial charge is 0.171 e. The molecule has 23 heavy (non-hydrogen) atoms. The number of fused-ring (bicyclic) bond motifs is 3. The summed E-state index contributed by atoms with van der Waals surface area (Å²) in [5.74, 6) is 3.26. The Morgan fingerprint density at radius 1 is 0.652 bits per heavy atom. The highest BCUT2D eigenvalue weighted by Crippen LogP contribution is 2.47. The lowest BCUT2D eigenvalue weighted by Gasteiger charge is -2.12. The van der Waals surface area contributed by atoms with E-state index in [1.807, 2.05) is 12.1 Å². The van der Waals surface area contributed by atoms with Crippen molar-refractivity contribution in [1.29, 1.82) is 0 Å². The molecule has 0 atom stereocenters. The fourth-order valence-electron chi connectivity index (χ4n) is 2.85. The van der Waals surface area contributed by atoms with Gasteiger partial charge >= 0.3 is 0 Å². The van der Waals surface area contributed by atoms with E-state index < -0.39 is 0 Å². The Kier molecular flexibility index (Phi) is 3.82. The lowest BCUT2D eigenvalue weighted by Crippen LogP contribution is -1.94. The fraction of sp³-hybridized carbons (Fsp3) is 0.294. The minimum Gasteiger partial charge on any atom is -0.497 e. The summed E-state index contributed by atoms with van der Waals surface area (Å²) in [5, 5.41) is 1.73. The maximum atomic E-state index is 5.58. The molecule has 122 valence electrons. The second-order valence-corrected chi connectivity index (χ2v) is 4.94. The van der Waals surface area contributed by atoms with Gasteiger partial charge in [0.25, 0.3) is 0 Å². The molecule has 0 saturated carbocycles. The van der Waals surface area contributed by atoms with Crippen molar-refractivity contribution in [1.82, 2.24) is 4.98 Å². The molecular formula is C17H19NO5. The molecule has 0 unspecified atom stereocenters. The first kappa shape index (κ1) is 15.1. The van der Waals surface area contributed by atoms with E-state index in [4.69, 9.17) is 23.7 Å². The first-order valence-electron chi connectivity index (χ1n) is 7.04. The molecule has 0 spiro atoms. The summed E-state index contributed by atoms with van der Waals surface area (Å²) in [4.78, 5) is 3.35. The minimum atomic E-state index is 0.593. The molecule has 3 aromatic rings. The highest BCUT2D eigenvalue weighted by molar-refractivity contribution is 6.16. The van der Waals surface area contributed by atoms with Crippen LogP contribution in [0.3, 0.4) is 0 Å². The number of benzene rings is 2. The predicted octanol–water partition coefficient (Wildman–Crippen LogP) is 3.36. The Morgan fingerprint density at radius 2 is 1.35 bits per heavy atom. The SMILES string of the molecule is COc1cc(OC)c2c(c1)[nH]c1c(OC)cc(OC)c(OC)c12. The number of aromatic amines is 1. The molecule has 1 aromatic heterocycles. The molecule has 1 N–H and O–H groups in total. The molecule has 6 heteroatoms. The zero-order valence-electron chi connectivity index (χ0n) is 13.8. The van der Waals surface area contributed by atoms with Crippen molar-refractivity contribution in [2.45, 2.75) is 0 Å². The number of aromatic nitrogens is 1. The van der Waals surface area contributed by atoms with E-state index in [9.17, 15) is 0 Å². The minimum absolute atomic E-state index is 0.593. The Morgan fingerprint density at radius 3 is 1.91 bits per heavy atom. The number of ether oxygens (including phenoxy) is 5. The van der Waals surface area contributed by atoms with E-state index in [0.29, 0.717) is 28.7 Å². The number of nitrogens with one attached hydrogen (secondary N) is 1. The van der Waals surface area contributed by atoms with E-state index in [1.54, 1.807) is 41.6 Å². The van der Waals surface area contributed by atoms with Crippen LogP contribution in [0.2, 0.25) is 0 Å². The second-order valence-electron chi connectivity index (χ2n) is 4.94. The third-order valence-electron chi connectivity index (χ3n) is 3.89. The van der Waals surface area contributed by atoms with Crippen LogP contribution in [0.25, 0.3) is 21.8 Å². The molecule has 0 bridgehead atoms. The maximum absolute atomic E-state index is 5.58. The van der Waals surface area contributed by atoms with Gasteiger partial charge in [-0.1, -0.05) is 0 Å². The molecule has 0 amide bonds. The number of H-pyrrole nitrogens is 1. The lowest BCUT2D eigenvalue weighted by atomic mass is 10.1. The highest BCUT2D eigenvalue weighted by Gasteiger charge is 2.22. The Balaban J connectivity index is 2.54. The first-order valence-corrected chi connectivity index (χ1v) is 7.04. The summed E-state index contributed by atoms with van der Waals surface area (Å²) in [6.45, 7) is 0. The Bertz CT molecular complexity index is 869. The van der Waals surface area contributed by atoms with Crippen molar-refractivity contribution in [2.75, 3.05) is 35.5 Å². The standard InChI is InChI=1S/C17H19NO5/c1-19-9-6-10-14(11(7-9)20-2)15-16(18-10)12(21-3)8-13(22-4)17(15)23-5/h6-8,18H,1-5H3. The van der Waals surface area contributed by atoms with E-state index in [0.717, 1.165) is 21.8 Å². The van der Waals surface area contributed by atoms with Crippen molar-refractivity contribution < 1.29 is 23.7 Å². The largest absolute Gasteiger partial charge is 0.497 e. The molecule has 0 aliphatic rings. The van der Waals surface area contributed by atoms with Crippen LogP contribution in [-0.2, 0) is 0 Å². The predicted molar refractivity (Wildman–Crippen MR) is 88.6 cm³/mol. The molecule has 0 fully saturated rings. The van der Waals surface area contributed by atoms with Gasteiger partial charge in [-0.25, -0.2) is 0 Å². The molecule has 3 rings (SSSR count). The molecule has 0 aliphatic carbocycles. The third-order valence-corrected chi connectivity index (χ3v) is 3.89. The highest BCUT2D eigenvalue weighted by atomic mass is 16.5. The van der Waals surface area contributed by atoms with E-state index >= 15 is 0 Å². The van der Waals surface area contributed by atoms with Crippen molar-refractivity contribution in [2.24, 2.45) is 0 Å². The van der Waals surface area contributed by atoms with Gasteiger partial charge in [0.2, 0.25) is 0 Å². The normalized spacial score (nSPS) is 10.8. The van der Waals surface area contributed by atoms with Gasteiger partial charge in [-0.2, -0.15) is 0 Å². The third kappa shape index (κ3) is 2.18. The lowest BCUT2D eigenvalue weighted by molar-refractivity contribution is 0.353. The summed E-state index contributed by atoms with van der Waals surface area (Å²) in [6, 6.07) is 5.53. The van der Waals surface area contributed by atoms with Gasteiger partial charge in [-0.05, 0) is 0 Å². The summed E-state index contributed by atoms with van der Waals surface area (Å²) >= 11 is 0. The Hall–Kier alpha value is -2.76. The van der Waals surface area contributed by atoms with Crippen molar-refractivity contribution in [3.05, 3.63) is 18.2 Å². The van der Waals surface area contributed by atoms with Crippen LogP contribution in [0.5, 0.6) is 28.7 Å². The van der Waals surface area contributed by atoms with E-state index in [1.165, 1.54) is 0 Å². The van der Waals surface area contributed by atoms with Crippen molar-refractivity contribution in [3.63, 3.8) is 0 Å². The van der Waals surface area contributed by atoms with Crippen LogP contribution in [0.15, 0.2) is 18.2 Å². The van der Waals surface area contributed by atoms with E-state index in [-0.39, 0.29) is 0 Å². The van der Waals surface area contributed by atoms with Gasteiger partial charge in [0.05, 0.1) is 57.4 Å². The summed E-state index contributed by atoms with van der Waals surface area (Å²) < 4.78 is 27.4. The summed E-state index contributed by atoms with van der Waals surface area (Å²) in [7, 11) is 8.06. The number of rotatable bonds is 5. The average molecular weight is 317 g/mol. The Labute approximate surface area is 133 Å². The maximum Gasteiger partial charge on any atom is 0.171 e. The van der Waals surface area contributed by atoms with Gasteiger partial charge < -0.3 is 28.7 Å². The monoisotopic (exact) mass is 317 g/mol. The molecule has 6 nitrogen and oxygen atoms in total. The number of hydrogen-bond donors (Lipinski definition) is 1. The number of hydrogen-bond acceptors (Lipinski definition) is 5. The van der Waals surface area contributed by atoms with Crippen LogP contribution < -0.4 is 23.7 Å². The van der Waals surface area contributed by atoms with Crippen LogP contribution in [-0.4, -0.2) is 40.5 Å². The molecule has 2 aromatic carbocycles.